The first-order valence-corrected chi connectivity index (χ1v) is 18.5. The first-order chi connectivity index (χ1) is 13.1. The molecule has 27 heavy (non-hydrogen) atoms. The maximum absolute atomic E-state index is 2.75. The molecule has 0 aromatic heterocycles. The molecule has 138 valence electrons. The van der Waals surface area contributed by atoms with Crippen LogP contribution in [-0.4, -0.2) is 0 Å². The number of hydrogen-bond acceptors (Lipinski definition) is 0. The van der Waals surface area contributed by atoms with Crippen molar-refractivity contribution in [2.45, 2.75) is 56.0 Å². The zero-order valence-corrected chi connectivity index (χ0v) is 19.6. The molecule has 2 unspecified atom stereocenters. The molecule has 0 saturated heterocycles. The third-order valence-corrected chi connectivity index (χ3v) is 18.1. The SMILES string of the molecule is CCC1=C2CCC3=C(CC)[CH](c4ccccc43)[Zr]([CH3])([CH3])[CH]1c1ccccc12. The molecule has 0 amide bonds. The van der Waals surface area contributed by atoms with Crippen molar-refractivity contribution in [3.8, 4) is 0 Å². The van der Waals surface area contributed by atoms with E-state index in [9.17, 15) is 0 Å². The van der Waals surface area contributed by atoms with Crippen LogP contribution in [0.5, 0.6) is 0 Å². The third-order valence-electron chi connectivity index (χ3n) is 7.54. The molecule has 5 rings (SSSR count). The second-order valence-corrected chi connectivity index (χ2v) is 20.9. The van der Waals surface area contributed by atoms with Gasteiger partial charge in [0.15, 0.2) is 0 Å². The molecule has 2 atom stereocenters. The molecule has 0 saturated carbocycles. The van der Waals surface area contributed by atoms with Gasteiger partial charge >= 0.3 is 169 Å². The van der Waals surface area contributed by atoms with Crippen molar-refractivity contribution in [2.75, 3.05) is 0 Å². The molecule has 2 aromatic rings. The summed E-state index contributed by atoms with van der Waals surface area (Å²) in [6.07, 6.45) is 4.89. The van der Waals surface area contributed by atoms with Gasteiger partial charge in [-0.25, -0.2) is 0 Å². The Morgan fingerprint density at radius 3 is 1.52 bits per heavy atom. The van der Waals surface area contributed by atoms with Crippen molar-refractivity contribution in [3.63, 3.8) is 0 Å². The second kappa shape index (κ2) is 6.42. The van der Waals surface area contributed by atoms with Crippen LogP contribution < -0.4 is 0 Å². The van der Waals surface area contributed by atoms with Gasteiger partial charge in [0, 0.05) is 0 Å². The molecule has 0 N–H and O–H groups in total. The van der Waals surface area contributed by atoms with E-state index in [1.807, 2.05) is 0 Å². The van der Waals surface area contributed by atoms with Crippen LogP contribution in [0.1, 0.15) is 69.0 Å². The van der Waals surface area contributed by atoms with Crippen LogP contribution in [-0.2, 0) is 20.3 Å². The van der Waals surface area contributed by atoms with Crippen LogP contribution in [0.3, 0.4) is 0 Å². The van der Waals surface area contributed by atoms with E-state index in [4.69, 9.17) is 0 Å². The van der Waals surface area contributed by atoms with Gasteiger partial charge in [-0.3, -0.25) is 0 Å². The Bertz CT molecular complexity index is 909. The van der Waals surface area contributed by atoms with Gasteiger partial charge in [-0.05, 0) is 0 Å². The predicted molar refractivity (Wildman–Crippen MR) is 114 cm³/mol. The molecule has 0 spiro atoms. The summed E-state index contributed by atoms with van der Waals surface area (Å²) in [5.74, 6) is 0. The van der Waals surface area contributed by atoms with Crippen molar-refractivity contribution in [2.24, 2.45) is 0 Å². The van der Waals surface area contributed by atoms with E-state index >= 15 is 0 Å². The standard InChI is InChI=1S/C24H24.2CH3.Zr/c1-3-17-15-19-9-5-7-11-21(19)23(17)13-14-24-18(4-2)16-20-10-6-8-12-22(20)24;;;/h5-12,15-16H,3-4,13-14H2,1-2H3;2*1H3;. The number of allylic oxidation sites excluding steroid dienone is 4. The molecule has 0 fully saturated rings. The monoisotopic (exact) mass is 432 g/mol. The predicted octanol–water partition coefficient (Wildman–Crippen LogP) is 7.87. The van der Waals surface area contributed by atoms with Crippen LogP contribution in [0.15, 0.2) is 59.7 Å². The molecule has 2 aromatic carbocycles. The second-order valence-electron chi connectivity index (χ2n) is 9.08. The van der Waals surface area contributed by atoms with E-state index in [0.29, 0.717) is 0 Å². The van der Waals surface area contributed by atoms with E-state index in [1.54, 1.807) is 44.5 Å². The van der Waals surface area contributed by atoms with Gasteiger partial charge in [-0.1, -0.05) is 0 Å². The van der Waals surface area contributed by atoms with E-state index in [0.717, 1.165) is 7.25 Å². The molecule has 0 nitrogen and oxygen atoms in total. The molecule has 1 aliphatic heterocycles. The molecule has 3 aliphatic rings. The number of benzene rings is 2. The topological polar surface area (TPSA) is 0 Å². The summed E-state index contributed by atoms with van der Waals surface area (Å²) in [6, 6.07) is 18.8. The number of hydrogen-bond donors (Lipinski definition) is 0. The number of rotatable bonds is 2. The van der Waals surface area contributed by atoms with Crippen molar-refractivity contribution >= 4 is 11.1 Å². The van der Waals surface area contributed by atoms with Crippen molar-refractivity contribution in [3.05, 3.63) is 81.9 Å². The third kappa shape index (κ3) is 2.37. The zero-order chi connectivity index (χ0) is 18.8. The summed E-state index contributed by atoms with van der Waals surface area (Å²) in [6.45, 7) is 4.80. The van der Waals surface area contributed by atoms with Gasteiger partial charge in [0.25, 0.3) is 0 Å². The Labute approximate surface area is 168 Å². The summed E-state index contributed by atoms with van der Waals surface area (Å²) >= 11 is -2.61. The molecule has 0 radical (unpaired) electrons. The Morgan fingerprint density at radius 1 is 0.704 bits per heavy atom. The fourth-order valence-corrected chi connectivity index (χ4v) is 18.9. The Hall–Kier alpha value is -1.20. The fourth-order valence-electron chi connectivity index (χ4n) is 6.66. The van der Waals surface area contributed by atoms with Gasteiger partial charge in [-0.2, -0.15) is 0 Å². The van der Waals surface area contributed by atoms with Crippen LogP contribution >= 0.6 is 0 Å². The van der Waals surface area contributed by atoms with Gasteiger partial charge in [0.05, 0.1) is 0 Å². The fraction of sp³-hybridized carbons (Fsp3) is 0.385. The first-order valence-electron chi connectivity index (χ1n) is 10.7. The van der Waals surface area contributed by atoms with E-state index < -0.39 is 20.3 Å². The minimum atomic E-state index is -2.61. The van der Waals surface area contributed by atoms with Crippen molar-refractivity contribution in [1.82, 2.24) is 0 Å². The van der Waals surface area contributed by atoms with E-state index in [-0.39, 0.29) is 0 Å². The van der Waals surface area contributed by atoms with Gasteiger partial charge < -0.3 is 0 Å². The summed E-state index contributed by atoms with van der Waals surface area (Å²) in [5, 5.41) is 0. The van der Waals surface area contributed by atoms with E-state index in [2.05, 4.69) is 71.6 Å². The molecule has 1 heterocycles. The van der Waals surface area contributed by atoms with Crippen LogP contribution in [0.4, 0.5) is 0 Å². The molecular weight excluding hydrogens is 404 g/mol. The van der Waals surface area contributed by atoms with Gasteiger partial charge in [0.2, 0.25) is 0 Å². The number of fused-ring (bicyclic) bond motifs is 8. The summed E-state index contributed by atoms with van der Waals surface area (Å²) < 4.78 is 6.99. The Morgan fingerprint density at radius 2 is 1.11 bits per heavy atom. The average Bonchev–Trinajstić information content (AvgIpc) is 3.19. The quantitative estimate of drug-likeness (QED) is 0.452. The molecule has 2 aliphatic carbocycles. The molecule has 4 bridgehead atoms. The average molecular weight is 434 g/mol. The normalized spacial score (nSPS) is 25.0. The van der Waals surface area contributed by atoms with Gasteiger partial charge in [0.1, 0.15) is 0 Å². The summed E-state index contributed by atoms with van der Waals surface area (Å²) in [5.41, 5.74) is 13.5. The zero-order valence-electron chi connectivity index (χ0n) is 17.1. The minimum absolute atomic E-state index is 0.743. The van der Waals surface area contributed by atoms with Crippen LogP contribution in [0.25, 0.3) is 11.1 Å². The maximum atomic E-state index is 2.75. The Balaban J connectivity index is 1.80. The van der Waals surface area contributed by atoms with Crippen molar-refractivity contribution in [1.29, 1.82) is 0 Å². The molecular formula is C26H30Zr. The van der Waals surface area contributed by atoms with Gasteiger partial charge in [-0.15, -0.1) is 0 Å². The summed E-state index contributed by atoms with van der Waals surface area (Å²) in [7, 11) is 0. The Kier molecular flexibility index (Phi) is 4.25. The van der Waals surface area contributed by atoms with E-state index in [1.165, 1.54) is 25.7 Å². The first kappa shape index (κ1) is 17.9. The van der Waals surface area contributed by atoms with Crippen molar-refractivity contribution < 1.29 is 20.3 Å². The molecule has 1 heteroatoms. The van der Waals surface area contributed by atoms with Crippen LogP contribution in [0.2, 0.25) is 9.26 Å². The van der Waals surface area contributed by atoms with Crippen LogP contribution in [0, 0.1) is 0 Å². The summed E-state index contributed by atoms with van der Waals surface area (Å²) in [4.78, 5) is 0.